The standard InChI is InChI=1S/C16H16N2OS/c17-10-14-16(20-13-5-2-1-3-6-13)9-12(11-18-14)15-7-4-8-19-15/h4,7-9,11,13H,1-3,5-6H2. The van der Waals surface area contributed by atoms with Crippen LogP contribution in [0.1, 0.15) is 37.8 Å². The van der Waals surface area contributed by atoms with E-state index in [0.29, 0.717) is 10.9 Å². The van der Waals surface area contributed by atoms with Crippen LogP contribution in [0, 0.1) is 11.3 Å². The molecule has 0 aliphatic heterocycles. The highest BCUT2D eigenvalue weighted by Gasteiger charge is 2.17. The highest BCUT2D eigenvalue weighted by atomic mass is 32.2. The van der Waals surface area contributed by atoms with E-state index in [0.717, 1.165) is 16.2 Å². The monoisotopic (exact) mass is 284 g/mol. The molecule has 0 radical (unpaired) electrons. The molecule has 1 aliphatic carbocycles. The molecule has 0 bridgehead atoms. The number of thioether (sulfide) groups is 1. The van der Waals surface area contributed by atoms with Crippen LogP contribution in [-0.4, -0.2) is 10.2 Å². The lowest BCUT2D eigenvalue weighted by molar-refractivity contribution is 0.516. The van der Waals surface area contributed by atoms with Crippen molar-refractivity contribution in [2.24, 2.45) is 0 Å². The molecular weight excluding hydrogens is 268 g/mol. The summed E-state index contributed by atoms with van der Waals surface area (Å²) in [7, 11) is 0. The van der Waals surface area contributed by atoms with E-state index in [1.165, 1.54) is 32.1 Å². The van der Waals surface area contributed by atoms with E-state index in [1.807, 2.05) is 18.2 Å². The maximum absolute atomic E-state index is 9.22. The topological polar surface area (TPSA) is 49.8 Å². The van der Waals surface area contributed by atoms with Gasteiger partial charge in [0, 0.05) is 21.9 Å². The second-order valence-corrected chi connectivity index (χ2v) is 6.38. The van der Waals surface area contributed by atoms with Gasteiger partial charge in [0.2, 0.25) is 0 Å². The van der Waals surface area contributed by atoms with Crippen molar-refractivity contribution in [3.63, 3.8) is 0 Å². The van der Waals surface area contributed by atoms with Crippen molar-refractivity contribution in [3.05, 3.63) is 36.4 Å². The van der Waals surface area contributed by atoms with Gasteiger partial charge in [-0.3, -0.25) is 0 Å². The number of furan rings is 1. The molecule has 2 aromatic rings. The Hall–Kier alpha value is -1.73. The third-order valence-corrected chi connectivity index (χ3v) is 4.98. The Morgan fingerprint density at radius 2 is 2.15 bits per heavy atom. The van der Waals surface area contributed by atoms with Gasteiger partial charge in [-0.05, 0) is 31.0 Å². The number of aromatic nitrogens is 1. The van der Waals surface area contributed by atoms with Crippen LogP contribution in [0.25, 0.3) is 11.3 Å². The first-order valence-electron chi connectivity index (χ1n) is 6.97. The Labute approximate surface area is 123 Å². The van der Waals surface area contributed by atoms with Gasteiger partial charge in [-0.1, -0.05) is 19.3 Å². The number of nitriles is 1. The van der Waals surface area contributed by atoms with Gasteiger partial charge in [-0.15, -0.1) is 11.8 Å². The van der Waals surface area contributed by atoms with Crippen molar-refractivity contribution >= 4 is 11.8 Å². The normalized spacial score (nSPS) is 15.9. The van der Waals surface area contributed by atoms with Gasteiger partial charge >= 0.3 is 0 Å². The zero-order valence-corrected chi connectivity index (χ0v) is 12.0. The predicted molar refractivity (Wildman–Crippen MR) is 79.4 cm³/mol. The minimum absolute atomic E-state index is 0.524. The molecule has 20 heavy (non-hydrogen) atoms. The third-order valence-electron chi connectivity index (χ3n) is 3.61. The van der Waals surface area contributed by atoms with Crippen LogP contribution in [0.2, 0.25) is 0 Å². The fraction of sp³-hybridized carbons (Fsp3) is 0.375. The molecule has 3 rings (SSSR count). The molecule has 0 amide bonds. The predicted octanol–water partition coefficient (Wildman–Crippen LogP) is 4.64. The maximum Gasteiger partial charge on any atom is 0.154 e. The molecule has 3 nitrogen and oxygen atoms in total. The zero-order chi connectivity index (χ0) is 13.8. The van der Waals surface area contributed by atoms with Gasteiger partial charge in [-0.25, -0.2) is 4.98 Å². The molecule has 0 atom stereocenters. The molecule has 4 heteroatoms. The minimum Gasteiger partial charge on any atom is -0.464 e. The first kappa shape index (κ1) is 13.3. The van der Waals surface area contributed by atoms with Crippen molar-refractivity contribution in [2.75, 3.05) is 0 Å². The number of hydrogen-bond donors (Lipinski definition) is 0. The van der Waals surface area contributed by atoms with E-state index in [2.05, 4.69) is 11.1 Å². The average Bonchev–Trinajstić information content (AvgIpc) is 3.02. The summed E-state index contributed by atoms with van der Waals surface area (Å²) in [6.07, 6.45) is 9.77. The smallest absolute Gasteiger partial charge is 0.154 e. The summed E-state index contributed by atoms with van der Waals surface area (Å²) in [4.78, 5) is 5.26. The molecule has 0 unspecified atom stereocenters. The fourth-order valence-electron chi connectivity index (χ4n) is 2.56. The number of pyridine rings is 1. The highest BCUT2D eigenvalue weighted by Crippen LogP contribution is 2.36. The molecular formula is C16H16N2OS. The second kappa shape index (κ2) is 6.15. The van der Waals surface area contributed by atoms with Gasteiger partial charge in [0.1, 0.15) is 11.8 Å². The molecule has 1 saturated carbocycles. The van der Waals surface area contributed by atoms with Gasteiger partial charge in [0.15, 0.2) is 5.69 Å². The molecule has 2 aromatic heterocycles. The lowest BCUT2D eigenvalue weighted by Gasteiger charge is -2.21. The van der Waals surface area contributed by atoms with E-state index in [1.54, 1.807) is 24.2 Å². The van der Waals surface area contributed by atoms with Gasteiger partial charge in [0.05, 0.1) is 6.26 Å². The van der Waals surface area contributed by atoms with E-state index < -0.39 is 0 Å². The Morgan fingerprint density at radius 1 is 1.30 bits per heavy atom. The lowest BCUT2D eigenvalue weighted by atomic mass is 10.0. The average molecular weight is 284 g/mol. The molecule has 0 N–H and O–H groups in total. The highest BCUT2D eigenvalue weighted by molar-refractivity contribution is 8.00. The summed E-state index contributed by atoms with van der Waals surface area (Å²) in [5.74, 6) is 0.799. The molecule has 1 fully saturated rings. The Kier molecular flexibility index (Phi) is 4.08. The zero-order valence-electron chi connectivity index (χ0n) is 11.2. The van der Waals surface area contributed by atoms with Crippen LogP contribution in [0.4, 0.5) is 0 Å². The fourth-order valence-corrected chi connectivity index (χ4v) is 3.89. The summed E-state index contributed by atoms with van der Waals surface area (Å²) in [5.41, 5.74) is 1.46. The van der Waals surface area contributed by atoms with Crippen molar-refractivity contribution in [3.8, 4) is 17.4 Å². The first-order chi connectivity index (χ1) is 9.86. The Bertz CT molecular complexity index is 610. The van der Waals surface area contributed by atoms with Crippen molar-refractivity contribution in [2.45, 2.75) is 42.2 Å². The largest absolute Gasteiger partial charge is 0.464 e. The maximum atomic E-state index is 9.22. The van der Waals surface area contributed by atoms with Crippen LogP contribution in [0.15, 0.2) is 40.0 Å². The van der Waals surface area contributed by atoms with Crippen LogP contribution >= 0.6 is 11.8 Å². The van der Waals surface area contributed by atoms with Gasteiger partial charge < -0.3 is 4.42 Å². The summed E-state index contributed by atoms with van der Waals surface area (Å²) >= 11 is 1.80. The SMILES string of the molecule is N#Cc1ncc(-c2ccco2)cc1SC1CCCCC1. The number of nitrogens with zero attached hydrogens (tertiary/aromatic N) is 2. The lowest BCUT2D eigenvalue weighted by Crippen LogP contribution is -2.08. The molecule has 2 heterocycles. The van der Waals surface area contributed by atoms with E-state index in [9.17, 15) is 5.26 Å². The van der Waals surface area contributed by atoms with Crippen molar-refractivity contribution in [1.29, 1.82) is 5.26 Å². The summed E-state index contributed by atoms with van der Waals surface area (Å²) in [6, 6.07) is 8.00. The molecule has 102 valence electrons. The summed E-state index contributed by atoms with van der Waals surface area (Å²) < 4.78 is 5.41. The quantitative estimate of drug-likeness (QED) is 0.824. The third kappa shape index (κ3) is 2.88. The Balaban J connectivity index is 1.87. The van der Waals surface area contributed by atoms with E-state index in [4.69, 9.17) is 4.42 Å². The first-order valence-corrected chi connectivity index (χ1v) is 7.85. The summed E-state index contributed by atoms with van der Waals surface area (Å²) in [6.45, 7) is 0. The molecule has 0 aromatic carbocycles. The van der Waals surface area contributed by atoms with Crippen molar-refractivity contribution < 1.29 is 4.42 Å². The van der Waals surface area contributed by atoms with Crippen LogP contribution < -0.4 is 0 Å². The van der Waals surface area contributed by atoms with Gasteiger partial charge in [-0.2, -0.15) is 5.26 Å². The summed E-state index contributed by atoms with van der Waals surface area (Å²) in [5, 5.41) is 9.84. The molecule has 0 spiro atoms. The Morgan fingerprint density at radius 3 is 2.85 bits per heavy atom. The minimum atomic E-state index is 0.524. The van der Waals surface area contributed by atoms with E-state index in [-0.39, 0.29) is 0 Å². The van der Waals surface area contributed by atoms with Gasteiger partial charge in [0.25, 0.3) is 0 Å². The van der Waals surface area contributed by atoms with E-state index >= 15 is 0 Å². The number of hydrogen-bond acceptors (Lipinski definition) is 4. The molecule has 0 saturated heterocycles. The van der Waals surface area contributed by atoms with Crippen LogP contribution in [0.5, 0.6) is 0 Å². The second-order valence-electron chi connectivity index (χ2n) is 5.04. The molecule has 1 aliphatic rings. The number of rotatable bonds is 3. The van der Waals surface area contributed by atoms with Crippen LogP contribution in [0.3, 0.4) is 0 Å². The van der Waals surface area contributed by atoms with Crippen molar-refractivity contribution in [1.82, 2.24) is 4.98 Å². The van der Waals surface area contributed by atoms with Crippen LogP contribution in [-0.2, 0) is 0 Å².